The Bertz CT molecular complexity index is 557. The zero-order valence-corrected chi connectivity index (χ0v) is 11.5. The quantitative estimate of drug-likeness (QED) is 0.902. The Hall–Kier alpha value is -1.91. The van der Waals surface area contributed by atoms with Gasteiger partial charge in [0.15, 0.2) is 5.82 Å². The third kappa shape index (κ3) is 2.34. The molecular formula is C13H19N5. The SMILES string of the molecule is CNc1cc(-n2nc(C)cc2C)nc(C(C)C)n1. The van der Waals surface area contributed by atoms with Crippen LogP contribution in [0, 0.1) is 13.8 Å². The van der Waals surface area contributed by atoms with Gasteiger partial charge in [-0.25, -0.2) is 14.6 Å². The third-order valence-electron chi connectivity index (χ3n) is 2.73. The van der Waals surface area contributed by atoms with Gasteiger partial charge in [0.1, 0.15) is 11.6 Å². The Morgan fingerprint density at radius 2 is 1.89 bits per heavy atom. The molecule has 0 radical (unpaired) electrons. The highest BCUT2D eigenvalue weighted by atomic mass is 15.3. The molecule has 0 aliphatic rings. The molecule has 18 heavy (non-hydrogen) atoms. The molecule has 0 aromatic carbocycles. The predicted molar refractivity (Wildman–Crippen MR) is 72.3 cm³/mol. The van der Waals surface area contributed by atoms with Crippen LogP contribution in [0.5, 0.6) is 0 Å². The van der Waals surface area contributed by atoms with E-state index < -0.39 is 0 Å². The molecule has 5 heteroatoms. The molecule has 96 valence electrons. The van der Waals surface area contributed by atoms with Crippen LogP contribution in [0.2, 0.25) is 0 Å². The Balaban J connectivity index is 2.56. The topological polar surface area (TPSA) is 55.6 Å². The van der Waals surface area contributed by atoms with Crippen LogP contribution in [0.15, 0.2) is 12.1 Å². The van der Waals surface area contributed by atoms with Gasteiger partial charge < -0.3 is 5.32 Å². The molecule has 0 saturated carbocycles. The number of aromatic nitrogens is 4. The summed E-state index contributed by atoms with van der Waals surface area (Å²) in [6.07, 6.45) is 0. The molecule has 0 fully saturated rings. The molecule has 0 amide bonds. The van der Waals surface area contributed by atoms with Crippen molar-refractivity contribution in [3.05, 3.63) is 29.3 Å². The number of aryl methyl sites for hydroxylation is 2. The molecule has 0 aliphatic heterocycles. The van der Waals surface area contributed by atoms with E-state index in [1.54, 1.807) is 0 Å². The summed E-state index contributed by atoms with van der Waals surface area (Å²) in [4.78, 5) is 9.02. The number of anilines is 1. The van der Waals surface area contributed by atoms with Crippen LogP contribution in [0.4, 0.5) is 5.82 Å². The van der Waals surface area contributed by atoms with E-state index >= 15 is 0 Å². The maximum Gasteiger partial charge on any atom is 0.159 e. The molecule has 2 aromatic rings. The normalized spacial score (nSPS) is 11.0. The first kappa shape index (κ1) is 12.5. The van der Waals surface area contributed by atoms with Crippen molar-refractivity contribution in [1.82, 2.24) is 19.7 Å². The van der Waals surface area contributed by atoms with Crippen LogP contribution in [0.1, 0.15) is 37.0 Å². The summed E-state index contributed by atoms with van der Waals surface area (Å²) in [7, 11) is 1.86. The summed E-state index contributed by atoms with van der Waals surface area (Å²) >= 11 is 0. The number of nitrogens with one attached hydrogen (secondary N) is 1. The molecule has 0 unspecified atom stereocenters. The zero-order valence-electron chi connectivity index (χ0n) is 11.5. The smallest absolute Gasteiger partial charge is 0.159 e. The largest absolute Gasteiger partial charge is 0.373 e. The summed E-state index contributed by atoms with van der Waals surface area (Å²) < 4.78 is 1.85. The first-order valence-corrected chi connectivity index (χ1v) is 6.11. The summed E-state index contributed by atoms with van der Waals surface area (Å²) in [5.41, 5.74) is 2.06. The average Bonchev–Trinajstić information content (AvgIpc) is 2.67. The summed E-state index contributed by atoms with van der Waals surface area (Å²) in [5.74, 6) is 2.73. The van der Waals surface area contributed by atoms with Crippen LogP contribution >= 0.6 is 0 Å². The van der Waals surface area contributed by atoms with E-state index in [1.807, 2.05) is 37.7 Å². The minimum absolute atomic E-state index is 0.286. The Morgan fingerprint density at radius 1 is 1.17 bits per heavy atom. The fraction of sp³-hybridized carbons (Fsp3) is 0.462. The van der Waals surface area contributed by atoms with Gasteiger partial charge in [0.2, 0.25) is 0 Å². The first-order valence-electron chi connectivity index (χ1n) is 6.11. The minimum atomic E-state index is 0.286. The highest BCUT2D eigenvalue weighted by Crippen LogP contribution is 2.17. The van der Waals surface area contributed by atoms with Gasteiger partial charge in [-0.15, -0.1) is 0 Å². The monoisotopic (exact) mass is 245 g/mol. The van der Waals surface area contributed by atoms with Crippen LogP contribution in [0.3, 0.4) is 0 Å². The molecule has 0 aliphatic carbocycles. The molecular weight excluding hydrogens is 226 g/mol. The number of rotatable bonds is 3. The third-order valence-corrected chi connectivity index (χ3v) is 2.73. The first-order chi connectivity index (χ1) is 8.51. The van der Waals surface area contributed by atoms with E-state index in [2.05, 4.69) is 34.2 Å². The van der Waals surface area contributed by atoms with Crippen molar-refractivity contribution >= 4 is 5.82 Å². The highest BCUT2D eigenvalue weighted by Gasteiger charge is 2.11. The van der Waals surface area contributed by atoms with Crippen LogP contribution in [0.25, 0.3) is 5.82 Å². The van der Waals surface area contributed by atoms with Crippen molar-refractivity contribution in [3.63, 3.8) is 0 Å². The van der Waals surface area contributed by atoms with Gasteiger partial charge in [-0.05, 0) is 19.9 Å². The lowest BCUT2D eigenvalue weighted by molar-refractivity contribution is 0.737. The Morgan fingerprint density at radius 3 is 2.39 bits per heavy atom. The van der Waals surface area contributed by atoms with Crippen molar-refractivity contribution in [3.8, 4) is 5.82 Å². The van der Waals surface area contributed by atoms with Crippen molar-refractivity contribution < 1.29 is 0 Å². The van der Waals surface area contributed by atoms with E-state index in [9.17, 15) is 0 Å². The van der Waals surface area contributed by atoms with Crippen LogP contribution in [-0.2, 0) is 0 Å². The van der Waals surface area contributed by atoms with Crippen LogP contribution in [-0.4, -0.2) is 26.8 Å². The van der Waals surface area contributed by atoms with E-state index in [-0.39, 0.29) is 5.92 Å². The predicted octanol–water partition coefficient (Wildman–Crippen LogP) is 2.44. The molecule has 2 heterocycles. The molecule has 0 spiro atoms. The molecule has 0 atom stereocenters. The maximum absolute atomic E-state index is 4.57. The average molecular weight is 245 g/mol. The van der Waals surface area contributed by atoms with Gasteiger partial charge in [0.05, 0.1) is 5.69 Å². The molecule has 0 bridgehead atoms. The van der Waals surface area contributed by atoms with Gasteiger partial charge in [-0.3, -0.25) is 0 Å². The van der Waals surface area contributed by atoms with E-state index in [4.69, 9.17) is 0 Å². The minimum Gasteiger partial charge on any atom is -0.373 e. The van der Waals surface area contributed by atoms with Gasteiger partial charge in [-0.2, -0.15) is 5.10 Å². The lowest BCUT2D eigenvalue weighted by atomic mass is 10.2. The number of hydrogen-bond acceptors (Lipinski definition) is 4. The van der Waals surface area contributed by atoms with Crippen molar-refractivity contribution in [2.75, 3.05) is 12.4 Å². The molecule has 1 N–H and O–H groups in total. The van der Waals surface area contributed by atoms with E-state index in [0.717, 1.165) is 28.8 Å². The van der Waals surface area contributed by atoms with E-state index in [1.165, 1.54) is 0 Å². The standard InChI is InChI=1S/C13H19N5/c1-8(2)13-15-11(14-5)7-12(16-13)18-10(4)6-9(3)17-18/h6-8H,1-5H3,(H,14,15,16). The van der Waals surface area contributed by atoms with Crippen molar-refractivity contribution in [1.29, 1.82) is 0 Å². The fourth-order valence-corrected chi connectivity index (χ4v) is 1.81. The van der Waals surface area contributed by atoms with Crippen molar-refractivity contribution in [2.45, 2.75) is 33.6 Å². The van der Waals surface area contributed by atoms with Gasteiger partial charge >= 0.3 is 0 Å². The zero-order chi connectivity index (χ0) is 13.3. The maximum atomic E-state index is 4.57. The lowest BCUT2D eigenvalue weighted by Crippen LogP contribution is -2.09. The van der Waals surface area contributed by atoms with Crippen LogP contribution < -0.4 is 5.32 Å². The second kappa shape index (κ2) is 4.76. The Labute approximate surface area is 107 Å². The summed E-state index contributed by atoms with van der Waals surface area (Å²) in [5, 5.41) is 7.52. The fourth-order valence-electron chi connectivity index (χ4n) is 1.81. The second-order valence-electron chi connectivity index (χ2n) is 4.71. The van der Waals surface area contributed by atoms with Crippen molar-refractivity contribution in [2.24, 2.45) is 0 Å². The Kier molecular flexibility index (Phi) is 3.32. The lowest BCUT2D eigenvalue weighted by Gasteiger charge is -2.10. The highest BCUT2D eigenvalue weighted by molar-refractivity contribution is 5.42. The van der Waals surface area contributed by atoms with Gasteiger partial charge in [-0.1, -0.05) is 13.8 Å². The molecule has 5 nitrogen and oxygen atoms in total. The second-order valence-corrected chi connectivity index (χ2v) is 4.71. The summed E-state index contributed by atoms with van der Waals surface area (Å²) in [6, 6.07) is 3.95. The van der Waals surface area contributed by atoms with Gasteiger partial charge in [0.25, 0.3) is 0 Å². The van der Waals surface area contributed by atoms with Gasteiger partial charge in [0, 0.05) is 24.7 Å². The molecule has 0 saturated heterocycles. The summed E-state index contributed by atoms with van der Waals surface area (Å²) in [6.45, 7) is 8.17. The number of nitrogens with zero attached hydrogens (tertiary/aromatic N) is 4. The number of hydrogen-bond donors (Lipinski definition) is 1. The molecule has 2 rings (SSSR count). The molecule has 2 aromatic heterocycles. The van der Waals surface area contributed by atoms with E-state index in [0.29, 0.717) is 0 Å².